The number of hydrogen-bond donors (Lipinski definition) is 0. The number of carbonyl (C=O) groups is 1. The molecule has 124 valence electrons. The molecule has 1 fully saturated rings. The molecule has 0 N–H and O–H groups in total. The third kappa shape index (κ3) is 3.37. The summed E-state index contributed by atoms with van der Waals surface area (Å²) >= 11 is 0. The lowest BCUT2D eigenvalue weighted by Crippen LogP contribution is -2.47. The molecule has 0 radical (unpaired) electrons. The molecule has 1 aliphatic heterocycles. The first kappa shape index (κ1) is 16.7. The summed E-state index contributed by atoms with van der Waals surface area (Å²) in [6, 6.07) is 0.474. The fourth-order valence-electron chi connectivity index (χ4n) is 2.23. The Morgan fingerprint density at radius 1 is 1.50 bits per heavy atom. The Labute approximate surface area is 127 Å². The number of rotatable bonds is 2. The Hall–Kier alpha value is -1.70. The maximum atomic E-state index is 12.6. The van der Waals surface area contributed by atoms with Crippen LogP contribution < -0.4 is 0 Å². The maximum Gasteiger partial charge on any atom is 0.413 e. The first-order valence-corrected chi connectivity index (χ1v) is 6.92. The number of halogens is 2. The van der Waals surface area contributed by atoms with Crippen LogP contribution in [0.5, 0.6) is 0 Å². The largest absolute Gasteiger partial charge is 0.444 e. The topological polar surface area (TPSA) is 64.8 Å². The number of amides is 1. The van der Waals surface area contributed by atoms with E-state index in [0.717, 1.165) is 6.07 Å². The van der Waals surface area contributed by atoms with E-state index >= 15 is 0 Å². The van der Waals surface area contributed by atoms with Crippen molar-refractivity contribution in [3.63, 3.8) is 0 Å². The molecule has 1 amide bonds. The summed E-state index contributed by atoms with van der Waals surface area (Å²) in [5.74, 6) is 0.145. The summed E-state index contributed by atoms with van der Waals surface area (Å²) < 4.78 is 41.2. The van der Waals surface area contributed by atoms with Crippen LogP contribution in [-0.4, -0.2) is 34.1 Å². The number of alkyl halides is 2. The van der Waals surface area contributed by atoms with E-state index < -0.39 is 35.6 Å². The van der Waals surface area contributed by atoms with Gasteiger partial charge in [-0.05, 0) is 34.6 Å². The highest BCUT2D eigenvalue weighted by molar-refractivity contribution is 5.70. The molecule has 8 heteroatoms. The fourth-order valence-corrected chi connectivity index (χ4v) is 2.23. The summed E-state index contributed by atoms with van der Waals surface area (Å²) in [5, 5.41) is 3.32. The van der Waals surface area contributed by atoms with Gasteiger partial charge in [-0.3, -0.25) is 4.90 Å². The van der Waals surface area contributed by atoms with Crippen LogP contribution >= 0.6 is 0 Å². The molecular formula is C14H20F2N2O4. The highest BCUT2D eigenvalue weighted by Gasteiger charge is 2.48. The molecule has 0 aliphatic carbocycles. The Morgan fingerprint density at radius 2 is 2.14 bits per heavy atom. The molecule has 6 nitrogen and oxygen atoms in total. The van der Waals surface area contributed by atoms with Crippen LogP contribution in [0.25, 0.3) is 0 Å². The van der Waals surface area contributed by atoms with Crippen molar-refractivity contribution in [3.8, 4) is 0 Å². The number of nitrogens with zero attached hydrogens (tertiary/aromatic N) is 2. The molecule has 2 heterocycles. The molecule has 1 aromatic rings. The van der Waals surface area contributed by atoms with Gasteiger partial charge in [-0.15, -0.1) is 0 Å². The van der Waals surface area contributed by atoms with E-state index in [2.05, 4.69) is 5.16 Å². The van der Waals surface area contributed by atoms with Gasteiger partial charge in [0.2, 0.25) is 0 Å². The molecule has 0 aromatic carbocycles. The maximum absolute atomic E-state index is 12.6. The number of carbonyl (C=O) groups excluding carboxylic acids is 1. The van der Waals surface area contributed by atoms with Gasteiger partial charge in [-0.25, -0.2) is 13.6 Å². The van der Waals surface area contributed by atoms with Gasteiger partial charge in [0.1, 0.15) is 23.1 Å². The van der Waals surface area contributed by atoms with Gasteiger partial charge in [-0.2, -0.15) is 0 Å². The van der Waals surface area contributed by atoms with Crippen LogP contribution in [0.15, 0.2) is 10.6 Å². The lowest BCUT2D eigenvalue weighted by molar-refractivity contribution is -0.0634. The van der Waals surface area contributed by atoms with Gasteiger partial charge in [0, 0.05) is 6.07 Å². The van der Waals surface area contributed by atoms with Crippen LogP contribution in [0.2, 0.25) is 0 Å². The summed E-state index contributed by atoms with van der Waals surface area (Å²) in [6.07, 6.45) is -3.34. The van der Waals surface area contributed by atoms with Gasteiger partial charge in [-0.1, -0.05) is 5.16 Å². The normalized spacial score (nSPS) is 21.5. The second-order valence-electron chi connectivity index (χ2n) is 6.58. The molecule has 1 atom stereocenters. The van der Waals surface area contributed by atoms with E-state index in [4.69, 9.17) is 14.0 Å². The van der Waals surface area contributed by atoms with Gasteiger partial charge < -0.3 is 14.0 Å². The second kappa shape index (κ2) is 5.49. The van der Waals surface area contributed by atoms with Crippen LogP contribution in [0.3, 0.4) is 0 Å². The van der Waals surface area contributed by atoms with Crippen molar-refractivity contribution < 1.29 is 27.6 Å². The molecule has 0 saturated carbocycles. The van der Waals surface area contributed by atoms with E-state index in [1.54, 1.807) is 34.6 Å². The van der Waals surface area contributed by atoms with Crippen molar-refractivity contribution >= 4 is 6.09 Å². The van der Waals surface area contributed by atoms with Gasteiger partial charge in [0.15, 0.2) is 5.76 Å². The third-order valence-corrected chi connectivity index (χ3v) is 3.18. The number of aromatic nitrogens is 1. The average Bonchev–Trinajstić information content (AvgIpc) is 2.90. The van der Waals surface area contributed by atoms with Crippen LogP contribution in [0, 0.1) is 0 Å². The monoisotopic (exact) mass is 318 g/mol. The molecule has 1 aromatic heterocycles. The first-order chi connectivity index (χ1) is 10.0. The molecule has 0 spiro atoms. The Kier molecular flexibility index (Phi) is 4.16. The smallest absolute Gasteiger partial charge is 0.413 e. The van der Waals surface area contributed by atoms with Crippen molar-refractivity contribution in [2.24, 2.45) is 0 Å². The van der Waals surface area contributed by atoms with Crippen LogP contribution in [0.4, 0.5) is 13.6 Å². The van der Waals surface area contributed by atoms with E-state index in [1.807, 2.05) is 0 Å². The van der Waals surface area contributed by atoms with E-state index in [0.29, 0.717) is 0 Å². The molecule has 2 rings (SSSR count). The molecule has 22 heavy (non-hydrogen) atoms. The van der Waals surface area contributed by atoms with Gasteiger partial charge >= 0.3 is 6.09 Å². The van der Waals surface area contributed by atoms with Crippen molar-refractivity contribution in [2.45, 2.75) is 58.4 Å². The predicted octanol–water partition coefficient (Wildman–Crippen LogP) is 3.66. The summed E-state index contributed by atoms with van der Waals surface area (Å²) in [6.45, 7) is 8.74. The molecule has 0 bridgehead atoms. The predicted molar refractivity (Wildman–Crippen MR) is 72.3 cm³/mol. The van der Waals surface area contributed by atoms with Crippen molar-refractivity contribution in [1.29, 1.82) is 0 Å². The van der Waals surface area contributed by atoms with Crippen molar-refractivity contribution in [3.05, 3.63) is 17.5 Å². The number of hydrogen-bond acceptors (Lipinski definition) is 5. The Bertz CT molecular complexity index is 551. The van der Waals surface area contributed by atoms with Crippen LogP contribution in [0.1, 0.15) is 58.5 Å². The van der Waals surface area contributed by atoms with Crippen molar-refractivity contribution in [1.82, 2.24) is 10.1 Å². The summed E-state index contributed by atoms with van der Waals surface area (Å²) in [7, 11) is 0. The minimum absolute atomic E-state index is 0.115. The van der Waals surface area contributed by atoms with Gasteiger partial charge in [0.05, 0.1) is 6.61 Å². The second-order valence-corrected chi connectivity index (χ2v) is 6.58. The highest BCUT2D eigenvalue weighted by atomic mass is 19.3. The van der Waals surface area contributed by atoms with E-state index in [-0.39, 0.29) is 12.4 Å². The average molecular weight is 318 g/mol. The zero-order valence-corrected chi connectivity index (χ0v) is 13.2. The van der Waals surface area contributed by atoms with Crippen LogP contribution in [-0.2, 0) is 9.47 Å². The zero-order valence-electron chi connectivity index (χ0n) is 13.2. The number of ether oxygens (including phenoxy) is 2. The van der Waals surface area contributed by atoms with E-state index in [1.165, 1.54) is 4.90 Å². The minimum atomic E-state index is -2.73. The lowest BCUT2D eigenvalue weighted by atomic mass is 10.1. The molecule has 1 aliphatic rings. The minimum Gasteiger partial charge on any atom is -0.444 e. The summed E-state index contributed by atoms with van der Waals surface area (Å²) in [5.41, 5.74) is -2.09. The highest BCUT2D eigenvalue weighted by Crippen LogP contribution is 2.38. The Balaban J connectivity index is 2.27. The SMILES string of the molecule is CC(C)(C)OC(=O)N1[C@H](c2cc(C(F)F)no2)COC1(C)C. The lowest BCUT2D eigenvalue weighted by Gasteiger charge is -2.34. The summed E-state index contributed by atoms with van der Waals surface area (Å²) in [4.78, 5) is 13.8. The molecule has 0 unspecified atom stereocenters. The van der Waals surface area contributed by atoms with E-state index in [9.17, 15) is 13.6 Å². The van der Waals surface area contributed by atoms with Crippen molar-refractivity contribution in [2.75, 3.05) is 6.61 Å². The van der Waals surface area contributed by atoms with Gasteiger partial charge in [0.25, 0.3) is 6.43 Å². The fraction of sp³-hybridized carbons (Fsp3) is 0.714. The zero-order chi connectivity index (χ0) is 16.7. The standard InChI is InChI=1S/C14H20F2N2O4/c1-13(2,3)21-12(19)18-9(7-20-14(18,4)5)10-6-8(11(15)16)17-22-10/h6,9,11H,7H2,1-5H3/t9-/m0/s1. The molecule has 1 saturated heterocycles. The molecular weight excluding hydrogens is 298 g/mol. The quantitative estimate of drug-likeness (QED) is 0.832. The first-order valence-electron chi connectivity index (χ1n) is 6.92. The Morgan fingerprint density at radius 3 is 2.64 bits per heavy atom. The third-order valence-electron chi connectivity index (χ3n) is 3.18.